The van der Waals surface area contributed by atoms with E-state index >= 15 is 0 Å². The lowest BCUT2D eigenvalue weighted by atomic mass is 9.78. The topological polar surface area (TPSA) is 113 Å². The smallest absolute Gasteiger partial charge is 0.363 e. The molecular formula is C17H14F3N3O5S. The molecule has 2 aromatic rings. The monoisotopic (exact) mass is 429 g/mol. The van der Waals surface area contributed by atoms with Crippen molar-refractivity contribution in [2.24, 2.45) is 5.92 Å². The highest BCUT2D eigenvalue weighted by Gasteiger charge is 2.69. The van der Waals surface area contributed by atoms with Gasteiger partial charge in [0.2, 0.25) is 0 Å². The van der Waals surface area contributed by atoms with Crippen LogP contribution < -0.4 is 5.32 Å². The minimum Gasteiger partial charge on any atom is -0.363 e. The Balaban J connectivity index is 2.22. The zero-order valence-corrected chi connectivity index (χ0v) is 15.5. The third-order valence-corrected chi connectivity index (χ3v) is 5.65. The van der Waals surface area contributed by atoms with Crippen LogP contribution in [-0.4, -0.2) is 45.7 Å². The summed E-state index contributed by atoms with van der Waals surface area (Å²) in [5.41, 5.74) is -4.38. The van der Waals surface area contributed by atoms with Crippen LogP contribution in [-0.2, 0) is 0 Å². The summed E-state index contributed by atoms with van der Waals surface area (Å²) in [6, 6.07) is 4.36. The molecule has 0 aliphatic carbocycles. The number of nitrogens with one attached hydrogen (secondary N) is 1. The summed E-state index contributed by atoms with van der Waals surface area (Å²) in [6.07, 6.45) is -5.38. The van der Waals surface area contributed by atoms with Gasteiger partial charge >= 0.3 is 12.2 Å². The summed E-state index contributed by atoms with van der Waals surface area (Å²) >= 11 is 0.876. The summed E-state index contributed by atoms with van der Waals surface area (Å²) in [5, 5.41) is 25.5. The predicted molar refractivity (Wildman–Crippen MR) is 95.3 cm³/mol. The molecule has 1 aliphatic rings. The number of hydrogen-bond acceptors (Lipinski definition) is 6. The second-order valence-corrected chi connectivity index (χ2v) is 7.33. The maximum absolute atomic E-state index is 14.0. The summed E-state index contributed by atoms with van der Waals surface area (Å²) in [6.45, 7) is 0. The Hall–Kier alpha value is -2.99. The van der Waals surface area contributed by atoms with Gasteiger partial charge in [0.05, 0.1) is 15.8 Å². The molecule has 3 rings (SSSR count). The number of alkyl halides is 3. The molecular weight excluding hydrogens is 415 g/mol. The Morgan fingerprint density at radius 1 is 1.34 bits per heavy atom. The number of non-ortho nitro benzene ring substituents is 1. The quantitative estimate of drug-likeness (QED) is 0.441. The van der Waals surface area contributed by atoms with E-state index in [0.29, 0.717) is 0 Å². The zero-order valence-electron chi connectivity index (χ0n) is 14.7. The standard InChI is InChI=1S/C17H14F3N3O5S/c1-22-15(25)21-13(9-4-2-5-10(8-9)23(27)28)12(16(22,26)17(18,19)20)14(24)11-6-3-7-29-11/h2-8,12-13,26H,1H3,(H,21,25)/t12-,13-,16-/m0/s1. The van der Waals surface area contributed by atoms with Gasteiger partial charge < -0.3 is 10.4 Å². The average molecular weight is 429 g/mol. The Morgan fingerprint density at radius 2 is 2.03 bits per heavy atom. The van der Waals surface area contributed by atoms with E-state index in [9.17, 15) is 38.0 Å². The molecule has 12 heteroatoms. The predicted octanol–water partition coefficient (Wildman–Crippen LogP) is 3.10. The molecule has 0 bridgehead atoms. The second kappa shape index (κ2) is 7.12. The maximum atomic E-state index is 14.0. The van der Waals surface area contributed by atoms with Crippen molar-refractivity contribution in [1.82, 2.24) is 10.2 Å². The molecule has 1 fully saturated rings. The van der Waals surface area contributed by atoms with E-state index in [4.69, 9.17) is 0 Å². The first kappa shape index (κ1) is 20.7. The summed E-state index contributed by atoms with van der Waals surface area (Å²) in [7, 11) is 0.723. The van der Waals surface area contributed by atoms with Crippen LogP contribution in [0.1, 0.15) is 21.3 Å². The third kappa shape index (κ3) is 3.34. The van der Waals surface area contributed by atoms with Gasteiger partial charge in [0, 0.05) is 19.2 Å². The minimum atomic E-state index is -5.38. The number of ketones is 1. The third-order valence-electron chi connectivity index (χ3n) is 4.77. The molecule has 29 heavy (non-hydrogen) atoms. The molecule has 0 unspecified atom stereocenters. The van der Waals surface area contributed by atoms with Crippen molar-refractivity contribution in [3.05, 3.63) is 62.3 Å². The number of amides is 2. The SMILES string of the molecule is CN1C(=O)N[C@@H](c2cccc([N+](=O)[O-])c2)[C@@H](C(=O)c2cccs2)[C@]1(O)C(F)(F)F. The highest BCUT2D eigenvalue weighted by molar-refractivity contribution is 7.12. The number of carbonyl (C=O) groups is 2. The number of thiophene rings is 1. The van der Waals surface area contributed by atoms with Crippen LogP contribution in [0.25, 0.3) is 0 Å². The van der Waals surface area contributed by atoms with Gasteiger partial charge in [-0.2, -0.15) is 13.2 Å². The zero-order chi connectivity index (χ0) is 21.6. The molecule has 2 heterocycles. The fourth-order valence-corrected chi connectivity index (χ4v) is 3.99. The van der Waals surface area contributed by atoms with E-state index in [1.54, 1.807) is 0 Å². The molecule has 1 aromatic heterocycles. The number of Topliss-reactive ketones (excluding diaryl/α,β-unsaturated/α-hetero) is 1. The van der Waals surface area contributed by atoms with Crippen LogP contribution in [0.3, 0.4) is 0 Å². The summed E-state index contributed by atoms with van der Waals surface area (Å²) in [4.78, 5) is 35.5. The number of nitro groups is 1. The molecule has 154 valence electrons. The minimum absolute atomic E-state index is 0.0248. The van der Waals surface area contributed by atoms with E-state index in [1.807, 2.05) is 0 Å². The first-order chi connectivity index (χ1) is 13.5. The first-order valence-electron chi connectivity index (χ1n) is 8.14. The number of halogens is 3. The Bertz CT molecular complexity index is 965. The van der Waals surface area contributed by atoms with Crippen LogP contribution >= 0.6 is 11.3 Å². The van der Waals surface area contributed by atoms with Gasteiger partial charge in [0.25, 0.3) is 11.4 Å². The lowest BCUT2D eigenvalue weighted by Gasteiger charge is -2.49. The van der Waals surface area contributed by atoms with Gasteiger partial charge in [-0.3, -0.25) is 19.8 Å². The highest BCUT2D eigenvalue weighted by atomic mass is 32.1. The molecule has 0 saturated carbocycles. The van der Waals surface area contributed by atoms with E-state index in [-0.39, 0.29) is 15.3 Å². The van der Waals surface area contributed by atoms with E-state index < -0.39 is 46.3 Å². The molecule has 3 atom stereocenters. The second-order valence-electron chi connectivity index (χ2n) is 6.38. The van der Waals surface area contributed by atoms with Crippen molar-refractivity contribution in [3.8, 4) is 0 Å². The normalized spacial score (nSPS) is 24.9. The van der Waals surface area contributed by atoms with Crippen molar-refractivity contribution < 1.29 is 32.8 Å². The van der Waals surface area contributed by atoms with Crippen molar-refractivity contribution in [1.29, 1.82) is 0 Å². The van der Waals surface area contributed by atoms with Crippen molar-refractivity contribution in [2.75, 3.05) is 7.05 Å². The van der Waals surface area contributed by atoms with Crippen molar-refractivity contribution in [2.45, 2.75) is 17.9 Å². The highest BCUT2D eigenvalue weighted by Crippen LogP contribution is 2.48. The van der Waals surface area contributed by atoms with Crippen LogP contribution in [0.4, 0.5) is 23.7 Å². The fraction of sp³-hybridized carbons (Fsp3) is 0.294. The van der Waals surface area contributed by atoms with E-state index in [0.717, 1.165) is 30.5 Å². The lowest BCUT2D eigenvalue weighted by Crippen LogP contribution is -2.72. The number of hydrogen-bond donors (Lipinski definition) is 2. The van der Waals surface area contributed by atoms with Crippen LogP contribution in [0.15, 0.2) is 41.8 Å². The molecule has 1 saturated heterocycles. The lowest BCUT2D eigenvalue weighted by molar-refractivity contribution is -0.385. The van der Waals surface area contributed by atoms with Crippen molar-refractivity contribution >= 4 is 28.8 Å². The molecule has 8 nitrogen and oxygen atoms in total. The number of rotatable bonds is 4. The first-order valence-corrected chi connectivity index (χ1v) is 9.02. The van der Waals surface area contributed by atoms with Gasteiger partial charge in [-0.05, 0) is 17.0 Å². The summed E-state index contributed by atoms with van der Waals surface area (Å²) in [5.74, 6) is -3.26. The number of benzene rings is 1. The molecule has 2 N–H and O–H groups in total. The molecule has 1 aliphatic heterocycles. The Labute approximate surface area is 165 Å². The largest absolute Gasteiger partial charge is 0.437 e. The van der Waals surface area contributed by atoms with Crippen LogP contribution in [0, 0.1) is 16.0 Å². The Morgan fingerprint density at radius 3 is 2.59 bits per heavy atom. The Kier molecular flexibility index (Phi) is 5.09. The summed E-state index contributed by atoms with van der Waals surface area (Å²) < 4.78 is 41.9. The van der Waals surface area contributed by atoms with E-state index in [1.165, 1.54) is 29.6 Å². The molecule has 0 radical (unpaired) electrons. The van der Waals surface area contributed by atoms with Gasteiger partial charge in [0.15, 0.2) is 5.78 Å². The van der Waals surface area contributed by atoms with E-state index in [2.05, 4.69) is 5.32 Å². The van der Waals surface area contributed by atoms with Gasteiger partial charge in [0.1, 0.15) is 5.92 Å². The molecule has 2 amide bonds. The number of urea groups is 1. The number of nitro benzene ring substituents is 1. The number of carbonyl (C=O) groups excluding carboxylic acids is 2. The van der Waals surface area contributed by atoms with Crippen LogP contribution in [0.5, 0.6) is 0 Å². The molecule has 0 spiro atoms. The fourth-order valence-electron chi connectivity index (χ4n) is 3.29. The average Bonchev–Trinajstić information content (AvgIpc) is 3.19. The maximum Gasteiger partial charge on any atom is 0.437 e. The van der Waals surface area contributed by atoms with Crippen molar-refractivity contribution in [3.63, 3.8) is 0 Å². The van der Waals surface area contributed by atoms with Gasteiger partial charge in [-0.1, -0.05) is 18.2 Å². The van der Waals surface area contributed by atoms with Gasteiger partial charge in [-0.25, -0.2) is 4.79 Å². The molecule has 1 aromatic carbocycles. The number of nitrogens with zero attached hydrogens (tertiary/aromatic N) is 2. The van der Waals surface area contributed by atoms with Gasteiger partial charge in [-0.15, -0.1) is 11.3 Å². The number of aliphatic hydroxyl groups is 1. The van der Waals surface area contributed by atoms with Crippen LogP contribution in [0.2, 0.25) is 0 Å².